The normalized spacial score (nSPS) is 6.60. The van der Waals surface area contributed by atoms with Gasteiger partial charge in [0.15, 0.2) is 0 Å². The molecule has 0 aliphatic carbocycles. The third-order valence-corrected chi connectivity index (χ3v) is 0.763. The molecule has 0 rings (SSSR count). The van der Waals surface area contributed by atoms with Gasteiger partial charge >= 0.3 is 0 Å². The van der Waals surface area contributed by atoms with Gasteiger partial charge in [-0.2, -0.15) is 0 Å². The third kappa shape index (κ3) is 22.8. The fraction of sp³-hybridized carbons (Fsp3) is 1.00. The van der Waals surface area contributed by atoms with Crippen molar-refractivity contribution in [2.75, 3.05) is 13.1 Å². The molecule has 64 valence electrons. The van der Waals surface area contributed by atoms with Crippen LogP contribution in [0.5, 0.6) is 0 Å². The summed E-state index contributed by atoms with van der Waals surface area (Å²) in [5.41, 5.74) is 0. The summed E-state index contributed by atoms with van der Waals surface area (Å²) in [6.07, 6.45) is 2.39. The number of rotatable bonds is 4. The van der Waals surface area contributed by atoms with Crippen LogP contribution in [0.3, 0.4) is 0 Å². The van der Waals surface area contributed by atoms with Gasteiger partial charge in [0.1, 0.15) is 0 Å². The second-order valence-corrected chi connectivity index (χ2v) is 1.67. The summed E-state index contributed by atoms with van der Waals surface area (Å²) >= 11 is 0. The van der Waals surface area contributed by atoms with Crippen LogP contribution in [0.1, 0.15) is 26.7 Å². The van der Waals surface area contributed by atoms with E-state index in [0.29, 0.717) is 0 Å². The monoisotopic (exact) mass is 220 g/mol. The minimum Gasteiger partial charge on any atom is -0.662 e. The first kappa shape index (κ1) is 22.5. The Labute approximate surface area is 91.4 Å². The summed E-state index contributed by atoms with van der Waals surface area (Å²) in [6, 6.07) is 0. The van der Waals surface area contributed by atoms with Crippen LogP contribution in [-0.4, -0.2) is 13.1 Å². The summed E-state index contributed by atoms with van der Waals surface area (Å²) in [5.74, 6) is 0. The van der Waals surface area contributed by atoms with Crippen LogP contribution in [0.2, 0.25) is 0 Å². The van der Waals surface area contributed by atoms with Gasteiger partial charge in [0.25, 0.3) is 0 Å². The molecule has 0 atom stereocenters. The first-order valence-electron chi connectivity index (χ1n) is 3.05. The summed E-state index contributed by atoms with van der Waals surface area (Å²) < 4.78 is 0. The van der Waals surface area contributed by atoms with E-state index < -0.39 is 0 Å². The quantitative estimate of drug-likeness (QED) is 0.511. The minimum absolute atomic E-state index is 0. The summed E-state index contributed by atoms with van der Waals surface area (Å²) in [5, 5.41) is 4.21. The van der Waals surface area contributed by atoms with Crippen molar-refractivity contribution >= 4 is 24.8 Å². The van der Waals surface area contributed by atoms with Gasteiger partial charge in [-0.1, -0.05) is 26.7 Å². The molecule has 0 bridgehead atoms. The van der Waals surface area contributed by atoms with Crippen LogP contribution in [0, 0.1) is 0 Å². The smallest absolute Gasteiger partial charge is 0 e. The first-order valence-corrected chi connectivity index (χ1v) is 3.05. The zero-order chi connectivity index (χ0) is 5.54. The van der Waals surface area contributed by atoms with Crippen LogP contribution in [0.4, 0.5) is 0 Å². The molecule has 4 heteroatoms. The van der Waals surface area contributed by atoms with E-state index in [4.69, 9.17) is 0 Å². The molecule has 0 radical (unpaired) electrons. The van der Waals surface area contributed by atoms with Crippen molar-refractivity contribution < 1.29 is 21.7 Å². The van der Waals surface area contributed by atoms with Gasteiger partial charge in [-0.25, -0.2) is 0 Å². The van der Waals surface area contributed by atoms with Crippen LogP contribution < -0.4 is 0 Å². The third-order valence-electron chi connectivity index (χ3n) is 0.763. The number of hydrogen-bond donors (Lipinski definition) is 0. The van der Waals surface area contributed by atoms with Crippen LogP contribution >= 0.6 is 24.8 Å². The molecule has 0 spiro atoms. The van der Waals surface area contributed by atoms with Gasteiger partial charge in [-0.05, 0) is 0 Å². The Hall–Kier alpha value is 1.25. The van der Waals surface area contributed by atoms with E-state index in [1.54, 1.807) is 0 Å². The van der Waals surface area contributed by atoms with Crippen LogP contribution in [0.25, 0.3) is 5.32 Å². The van der Waals surface area contributed by atoms with Crippen LogP contribution in [0.15, 0.2) is 0 Å². The van der Waals surface area contributed by atoms with Crippen LogP contribution in [-0.2, 0) is 21.7 Å². The second-order valence-electron chi connectivity index (χ2n) is 1.67. The van der Waals surface area contributed by atoms with Crippen molar-refractivity contribution in [2.45, 2.75) is 26.7 Å². The van der Waals surface area contributed by atoms with Crippen molar-refractivity contribution in [3.63, 3.8) is 0 Å². The SMILES string of the molecule is CCC[N-]CCC.Cl.Cl.[Ti]. The zero-order valence-electron chi connectivity index (χ0n) is 6.59. The molecule has 0 aromatic rings. The molecule has 1 nitrogen and oxygen atoms in total. The van der Waals surface area contributed by atoms with Crippen molar-refractivity contribution in [2.24, 2.45) is 0 Å². The maximum absolute atomic E-state index is 4.21. The van der Waals surface area contributed by atoms with E-state index >= 15 is 0 Å². The van der Waals surface area contributed by atoms with E-state index in [0.717, 1.165) is 13.1 Å². The first-order chi connectivity index (χ1) is 3.41. The molecular formula is C6H16Cl2NTi-. The van der Waals surface area contributed by atoms with Crippen molar-refractivity contribution in [3.05, 3.63) is 5.32 Å². The van der Waals surface area contributed by atoms with E-state index in [1.807, 2.05) is 0 Å². The molecule has 0 N–H and O–H groups in total. The zero-order valence-corrected chi connectivity index (χ0v) is 9.79. The maximum atomic E-state index is 4.21. The molecule has 0 fully saturated rings. The molecule has 0 saturated heterocycles. The fourth-order valence-corrected chi connectivity index (χ4v) is 0.428. The number of hydrogen-bond acceptors (Lipinski definition) is 0. The molecule has 0 aromatic carbocycles. The standard InChI is InChI=1S/C6H14N.2ClH.Ti/c1-3-5-7-6-4-2;;;/h3-6H2,1-2H3;2*1H;/q-1;;;. The van der Waals surface area contributed by atoms with Crippen molar-refractivity contribution in [1.82, 2.24) is 0 Å². The van der Waals surface area contributed by atoms with Crippen molar-refractivity contribution in [1.29, 1.82) is 0 Å². The largest absolute Gasteiger partial charge is 0.662 e. The predicted molar refractivity (Wildman–Crippen MR) is 48.2 cm³/mol. The Bertz CT molecular complexity index is 34.9. The number of halogens is 2. The molecular weight excluding hydrogens is 205 g/mol. The Morgan fingerprint density at radius 2 is 1.20 bits per heavy atom. The predicted octanol–water partition coefficient (Wildman–Crippen LogP) is 3.02. The van der Waals surface area contributed by atoms with E-state index in [1.165, 1.54) is 12.8 Å². The molecule has 0 amide bonds. The maximum Gasteiger partial charge on any atom is 0 e. The van der Waals surface area contributed by atoms with E-state index in [2.05, 4.69) is 19.2 Å². The Kier molecular flexibility index (Phi) is 50.5. The summed E-state index contributed by atoms with van der Waals surface area (Å²) in [6.45, 7) is 6.40. The molecule has 0 aromatic heterocycles. The minimum atomic E-state index is 0. The molecule has 0 aliphatic heterocycles. The van der Waals surface area contributed by atoms with Gasteiger partial charge in [-0.15, -0.1) is 37.9 Å². The van der Waals surface area contributed by atoms with Gasteiger partial charge in [0, 0.05) is 21.7 Å². The van der Waals surface area contributed by atoms with Gasteiger partial charge in [0.05, 0.1) is 0 Å². The van der Waals surface area contributed by atoms with Gasteiger partial charge in [-0.3, -0.25) is 0 Å². The van der Waals surface area contributed by atoms with Gasteiger partial charge in [0.2, 0.25) is 0 Å². The molecule has 10 heavy (non-hydrogen) atoms. The fourth-order valence-electron chi connectivity index (χ4n) is 0.428. The Morgan fingerprint density at radius 3 is 1.40 bits per heavy atom. The molecule has 0 unspecified atom stereocenters. The van der Waals surface area contributed by atoms with Crippen molar-refractivity contribution in [3.8, 4) is 0 Å². The Morgan fingerprint density at radius 1 is 0.900 bits per heavy atom. The average molecular weight is 221 g/mol. The summed E-state index contributed by atoms with van der Waals surface area (Å²) in [7, 11) is 0. The molecule has 0 saturated carbocycles. The number of nitrogens with zero attached hydrogens (tertiary/aromatic N) is 1. The van der Waals surface area contributed by atoms with Gasteiger partial charge < -0.3 is 5.32 Å². The molecule has 0 heterocycles. The second kappa shape index (κ2) is 22.5. The molecule has 0 aliphatic rings. The average Bonchev–Trinajstić information content (AvgIpc) is 1.69. The topological polar surface area (TPSA) is 14.1 Å². The Balaban J connectivity index is -0.0000000600. The van der Waals surface area contributed by atoms with E-state index in [-0.39, 0.29) is 46.5 Å². The van der Waals surface area contributed by atoms with E-state index in [9.17, 15) is 0 Å². The summed E-state index contributed by atoms with van der Waals surface area (Å²) in [4.78, 5) is 0.